The average molecular weight is 468 g/mol. The van der Waals surface area contributed by atoms with Gasteiger partial charge >= 0.3 is 0 Å². The summed E-state index contributed by atoms with van der Waals surface area (Å²) >= 11 is 0. The Balaban J connectivity index is 1.67. The molecule has 0 radical (unpaired) electrons. The van der Waals surface area contributed by atoms with Gasteiger partial charge in [-0.05, 0) is 62.2 Å². The number of nitrogens with one attached hydrogen (secondary N) is 1. The van der Waals surface area contributed by atoms with Crippen molar-refractivity contribution in [1.82, 2.24) is 14.9 Å². The monoisotopic (exact) mass is 467 g/mol. The lowest BCUT2D eigenvalue weighted by molar-refractivity contribution is 0.0941. The number of amides is 1. The molecule has 1 atom stereocenters. The Kier molecular flexibility index (Phi) is 6.07. The minimum Gasteiger partial charge on any atom is -0.489 e. The fraction of sp³-hybridized carbons (Fsp3) is 0.292. The molecule has 9 heteroatoms. The van der Waals surface area contributed by atoms with Gasteiger partial charge < -0.3 is 10.1 Å². The van der Waals surface area contributed by atoms with E-state index in [1.165, 1.54) is 4.57 Å². The Hall–Kier alpha value is -3.46. The van der Waals surface area contributed by atoms with Crippen LogP contribution in [0, 0.1) is 6.92 Å². The predicted molar refractivity (Wildman–Crippen MR) is 127 cm³/mol. The standard InChI is InChI=1S/C24H25N3O5S/c1-15(2)13-32-20-7-8-22-21(12-20)24(29)27(16(3)25-22)19-6-4-5-17(11-19)23(28)26-18-9-10-33(30,31)14-18/h4-8,11-12,18H,1,9-10,13-14H2,2-3H3,(H,26,28). The van der Waals surface area contributed by atoms with Gasteiger partial charge in [-0.2, -0.15) is 0 Å². The number of fused-ring (bicyclic) bond motifs is 1. The zero-order valence-corrected chi connectivity index (χ0v) is 19.3. The third kappa shape index (κ3) is 4.98. The number of carbonyl (C=O) groups excluding carboxylic acids is 1. The van der Waals surface area contributed by atoms with Gasteiger partial charge in [-0.3, -0.25) is 14.2 Å². The van der Waals surface area contributed by atoms with Crippen molar-refractivity contribution in [3.8, 4) is 11.4 Å². The van der Waals surface area contributed by atoms with Gasteiger partial charge in [-0.1, -0.05) is 12.6 Å². The molecule has 1 fully saturated rings. The summed E-state index contributed by atoms with van der Waals surface area (Å²) in [5.74, 6) is 0.658. The number of rotatable bonds is 6. The first-order valence-electron chi connectivity index (χ1n) is 10.6. The van der Waals surface area contributed by atoms with E-state index in [9.17, 15) is 18.0 Å². The number of hydrogen-bond acceptors (Lipinski definition) is 6. The third-order valence-electron chi connectivity index (χ3n) is 5.43. The van der Waals surface area contributed by atoms with Gasteiger partial charge in [0.1, 0.15) is 18.2 Å². The van der Waals surface area contributed by atoms with Crippen LogP contribution in [0.15, 0.2) is 59.4 Å². The van der Waals surface area contributed by atoms with E-state index < -0.39 is 15.9 Å². The van der Waals surface area contributed by atoms with Crippen molar-refractivity contribution in [3.05, 3.63) is 76.4 Å². The van der Waals surface area contributed by atoms with Gasteiger partial charge in [0, 0.05) is 11.6 Å². The summed E-state index contributed by atoms with van der Waals surface area (Å²) < 4.78 is 30.4. The van der Waals surface area contributed by atoms with Crippen LogP contribution in [0.4, 0.5) is 0 Å². The lowest BCUT2D eigenvalue weighted by atomic mass is 10.1. The van der Waals surface area contributed by atoms with E-state index in [-0.39, 0.29) is 23.0 Å². The summed E-state index contributed by atoms with van der Waals surface area (Å²) in [6.07, 6.45) is 0.400. The molecule has 1 N–H and O–H groups in total. The van der Waals surface area contributed by atoms with Gasteiger partial charge in [-0.25, -0.2) is 13.4 Å². The molecule has 2 heterocycles. The molecule has 1 aromatic heterocycles. The van der Waals surface area contributed by atoms with Crippen LogP contribution in [-0.2, 0) is 9.84 Å². The maximum Gasteiger partial charge on any atom is 0.266 e. The quantitative estimate of drug-likeness (QED) is 0.559. The summed E-state index contributed by atoms with van der Waals surface area (Å²) in [5.41, 5.74) is 1.96. The number of aromatic nitrogens is 2. The molecule has 1 saturated heterocycles. The number of aryl methyl sites for hydroxylation is 1. The predicted octanol–water partition coefficient (Wildman–Crippen LogP) is 2.57. The molecule has 1 unspecified atom stereocenters. The second-order valence-corrected chi connectivity index (χ2v) is 10.6. The zero-order valence-electron chi connectivity index (χ0n) is 18.5. The molecular formula is C24H25N3O5S. The molecule has 0 bridgehead atoms. The number of sulfone groups is 1. The largest absolute Gasteiger partial charge is 0.489 e. The van der Waals surface area contributed by atoms with Gasteiger partial charge in [0.25, 0.3) is 11.5 Å². The van der Waals surface area contributed by atoms with Crippen LogP contribution in [0.5, 0.6) is 5.75 Å². The lowest BCUT2D eigenvalue weighted by Crippen LogP contribution is -2.35. The molecule has 0 aliphatic carbocycles. The summed E-state index contributed by atoms with van der Waals surface area (Å²) in [7, 11) is -3.10. The van der Waals surface area contributed by atoms with E-state index >= 15 is 0 Å². The summed E-state index contributed by atoms with van der Waals surface area (Å²) in [6.45, 7) is 7.74. The molecule has 1 aliphatic heterocycles. The Morgan fingerprint density at radius 1 is 1.27 bits per heavy atom. The van der Waals surface area contributed by atoms with Crippen LogP contribution in [0.25, 0.3) is 16.6 Å². The van der Waals surface area contributed by atoms with Crippen molar-refractivity contribution >= 4 is 26.6 Å². The fourth-order valence-corrected chi connectivity index (χ4v) is 5.51. The highest BCUT2D eigenvalue weighted by Gasteiger charge is 2.29. The highest BCUT2D eigenvalue weighted by molar-refractivity contribution is 7.91. The molecule has 1 amide bonds. The number of ether oxygens (including phenoxy) is 1. The molecule has 0 saturated carbocycles. The van der Waals surface area contributed by atoms with E-state index in [0.717, 1.165) is 5.57 Å². The smallest absolute Gasteiger partial charge is 0.266 e. The molecule has 33 heavy (non-hydrogen) atoms. The first kappa shape index (κ1) is 22.7. The maximum absolute atomic E-state index is 13.4. The van der Waals surface area contributed by atoms with E-state index in [0.29, 0.717) is 46.8 Å². The normalized spacial score (nSPS) is 17.1. The van der Waals surface area contributed by atoms with Crippen molar-refractivity contribution in [2.24, 2.45) is 0 Å². The van der Waals surface area contributed by atoms with Crippen LogP contribution in [-0.4, -0.2) is 48.0 Å². The van der Waals surface area contributed by atoms with Gasteiger partial charge in [0.15, 0.2) is 9.84 Å². The highest BCUT2D eigenvalue weighted by atomic mass is 32.2. The first-order chi connectivity index (χ1) is 15.6. The molecule has 0 spiro atoms. The van der Waals surface area contributed by atoms with Crippen molar-refractivity contribution in [2.45, 2.75) is 26.3 Å². The molecule has 4 rings (SSSR count). The van der Waals surface area contributed by atoms with E-state index in [4.69, 9.17) is 4.74 Å². The summed E-state index contributed by atoms with van der Waals surface area (Å²) in [4.78, 5) is 30.6. The topological polar surface area (TPSA) is 107 Å². The van der Waals surface area contributed by atoms with Crippen LogP contribution < -0.4 is 15.6 Å². The second kappa shape index (κ2) is 8.82. The van der Waals surface area contributed by atoms with Crippen molar-refractivity contribution < 1.29 is 17.9 Å². The maximum atomic E-state index is 13.4. The molecular weight excluding hydrogens is 442 g/mol. The zero-order chi connectivity index (χ0) is 23.8. The second-order valence-electron chi connectivity index (χ2n) is 8.35. The fourth-order valence-electron chi connectivity index (χ4n) is 3.84. The Morgan fingerprint density at radius 2 is 2.06 bits per heavy atom. The Morgan fingerprint density at radius 3 is 2.76 bits per heavy atom. The average Bonchev–Trinajstić information content (AvgIpc) is 3.10. The van der Waals surface area contributed by atoms with Gasteiger partial charge in [0.05, 0.1) is 28.1 Å². The highest BCUT2D eigenvalue weighted by Crippen LogP contribution is 2.20. The Labute approximate surface area is 191 Å². The number of hydrogen-bond donors (Lipinski definition) is 1. The minimum atomic E-state index is -3.10. The van der Waals surface area contributed by atoms with Gasteiger partial charge in [-0.15, -0.1) is 0 Å². The molecule has 3 aromatic rings. The molecule has 1 aliphatic rings. The van der Waals surface area contributed by atoms with Crippen molar-refractivity contribution in [2.75, 3.05) is 18.1 Å². The Bertz CT molecular complexity index is 1430. The summed E-state index contributed by atoms with van der Waals surface area (Å²) in [6, 6.07) is 11.4. The van der Waals surface area contributed by atoms with Crippen molar-refractivity contribution in [1.29, 1.82) is 0 Å². The van der Waals surface area contributed by atoms with Crippen LogP contribution in [0.2, 0.25) is 0 Å². The van der Waals surface area contributed by atoms with Crippen molar-refractivity contribution in [3.63, 3.8) is 0 Å². The molecule has 2 aromatic carbocycles. The first-order valence-corrected chi connectivity index (χ1v) is 12.4. The van der Waals surface area contributed by atoms with E-state index in [1.807, 2.05) is 6.92 Å². The SMILES string of the molecule is C=C(C)COc1ccc2nc(C)n(-c3cccc(C(=O)NC4CCS(=O)(=O)C4)c3)c(=O)c2c1. The number of carbonyl (C=O) groups is 1. The van der Waals surface area contributed by atoms with E-state index in [1.54, 1.807) is 49.4 Å². The van der Waals surface area contributed by atoms with Crippen LogP contribution in [0.3, 0.4) is 0 Å². The van der Waals surface area contributed by atoms with Crippen LogP contribution >= 0.6 is 0 Å². The lowest BCUT2D eigenvalue weighted by Gasteiger charge is -2.14. The molecule has 8 nitrogen and oxygen atoms in total. The summed E-state index contributed by atoms with van der Waals surface area (Å²) in [5, 5.41) is 3.17. The van der Waals surface area contributed by atoms with Gasteiger partial charge in [0.2, 0.25) is 0 Å². The minimum absolute atomic E-state index is 0.0542. The third-order valence-corrected chi connectivity index (χ3v) is 7.19. The van der Waals surface area contributed by atoms with Crippen LogP contribution in [0.1, 0.15) is 29.5 Å². The number of nitrogens with zero attached hydrogens (tertiary/aromatic N) is 2. The molecule has 172 valence electrons. The van der Waals surface area contributed by atoms with E-state index in [2.05, 4.69) is 16.9 Å². The number of benzene rings is 2.